The van der Waals surface area contributed by atoms with E-state index in [4.69, 9.17) is 4.74 Å². The molecule has 1 rings (SSSR count). The van der Waals surface area contributed by atoms with Gasteiger partial charge in [-0.1, -0.05) is 0 Å². The number of hydrogen-bond donors (Lipinski definition) is 1. The van der Waals surface area contributed by atoms with Gasteiger partial charge >= 0.3 is 0 Å². The van der Waals surface area contributed by atoms with Crippen molar-refractivity contribution in [2.45, 2.75) is 6.10 Å². The van der Waals surface area contributed by atoms with E-state index in [0.29, 0.717) is 6.10 Å². The minimum absolute atomic E-state index is 0.509. The van der Waals surface area contributed by atoms with E-state index >= 15 is 0 Å². The third-order valence-electron chi connectivity index (χ3n) is 1.15. The van der Waals surface area contributed by atoms with E-state index in [1.54, 1.807) is 0 Å². The topological polar surface area (TPSA) is 24.6 Å². The highest BCUT2D eigenvalue weighted by molar-refractivity contribution is 8.30. The van der Waals surface area contributed by atoms with Gasteiger partial charge < -0.3 is 4.74 Å². The zero-order valence-electron chi connectivity index (χ0n) is 6.31. The van der Waals surface area contributed by atoms with Crippen LogP contribution in [0.5, 0.6) is 0 Å². The second-order valence-corrected chi connectivity index (χ2v) is 7.10. The molecule has 0 spiro atoms. The number of hydrogen-bond acceptors (Lipinski definition) is 2. The molecule has 0 aliphatic carbocycles. The van der Waals surface area contributed by atoms with Crippen molar-refractivity contribution in [1.82, 2.24) is 4.72 Å². The van der Waals surface area contributed by atoms with Crippen molar-refractivity contribution in [3.05, 3.63) is 0 Å². The lowest BCUT2D eigenvalue weighted by molar-refractivity contribution is 0.408. The number of rotatable bonds is 3. The molecule has 3 heteroatoms. The fraction of sp³-hybridized carbons (Fsp3) is 1.00. The Morgan fingerprint density at radius 2 is 2.11 bits per heavy atom. The Hall–Kier alpha value is 0.270. The summed E-state index contributed by atoms with van der Waals surface area (Å²) in [7, 11) is -0.509. The molecule has 1 aliphatic rings. The van der Waals surface area contributed by atoms with Crippen LogP contribution < -0.4 is 4.72 Å². The van der Waals surface area contributed by atoms with Gasteiger partial charge in [-0.25, -0.2) is 0 Å². The van der Waals surface area contributed by atoms with Crippen molar-refractivity contribution < 1.29 is 4.74 Å². The van der Waals surface area contributed by atoms with E-state index in [0.717, 1.165) is 13.2 Å². The number of nitrogens with one attached hydrogen (secondary N) is 1. The molecule has 1 fully saturated rings. The van der Waals surface area contributed by atoms with E-state index < -0.39 is 10.2 Å². The third-order valence-corrected chi connectivity index (χ3v) is 2.18. The quantitative estimate of drug-likeness (QED) is 0.594. The number of ether oxygens (including phenoxy) is 1. The molecule has 1 aliphatic heterocycles. The summed E-state index contributed by atoms with van der Waals surface area (Å²) in [5.74, 6) is 0. The second kappa shape index (κ2) is 2.48. The first-order chi connectivity index (χ1) is 4.08. The summed E-state index contributed by atoms with van der Waals surface area (Å²) in [6.07, 6.45) is 7.26. The number of epoxide rings is 1. The van der Waals surface area contributed by atoms with Crippen molar-refractivity contribution in [2.24, 2.45) is 0 Å². The highest BCUT2D eigenvalue weighted by Crippen LogP contribution is 2.29. The van der Waals surface area contributed by atoms with Crippen molar-refractivity contribution in [2.75, 3.05) is 31.9 Å². The molecule has 0 saturated carbocycles. The average Bonchev–Trinajstić information content (AvgIpc) is 2.38. The molecular weight excluding hydrogens is 134 g/mol. The third kappa shape index (κ3) is 3.78. The molecule has 2 nitrogen and oxygen atoms in total. The minimum Gasteiger partial charge on any atom is -0.372 e. The Morgan fingerprint density at radius 3 is 2.44 bits per heavy atom. The molecule has 0 aromatic carbocycles. The average molecular weight is 149 g/mol. The molecule has 0 aromatic heterocycles. The standard InChI is InChI=1S/C6H15NOS/c1-9(2,3)7-4-6-5-8-6/h6-7H,4-5H2,1-3H3. The van der Waals surface area contributed by atoms with Gasteiger partial charge in [0.1, 0.15) is 0 Å². The van der Waals surface area contributed by atoms with Crippen LogP contribution in [0.2, 0.25) is 0 Å². The van der Waals surface area contributed by atoms with Gasteiger partial charge in [0.05, 0.1) is 12.7 Å². The lowest BCUT2D eigenvalue weighted by Gasteiger charge is -2.26. The van der Waals surface area contributed by atoms with E-state index in [1.165, 1.54) is 0 Å². The van der Waals surface area contributed by atoms with Gasteiger partial charge in [0.15, 0.2) is 0 Å². The van der Waals surface area contributed by atoms with Crippen molar-refractivity contribution in [1.29, 1.82) is 0 Å². The lowest BCUT2D eigenvalue weighted by Crippen LogP contribution is -2.22. The molecule has 0 aromatic rings. The normalized spacial score (nSPS) is 28.1. The minimum atomic E-state index is -0.509. The molecule has 1 N–H and O–H groups in total. The highest BCUT2D eigenvalue weighted by Gasteiger charge is 2.22. The largest absolute Gasteiger partial charge is 0.372 e. The van der Waals surface area contributed by atoms with Crippen LogP contribution in [0.4, 0.5) is 0 Å². The first-order valence-corrected chi connectivity index (χ1v) is 5.98. The first kappa shape index (κ1) is 7.38. The summed E-state index contributed by atoms with van der Waals surface area (Å²) in [4.78, 5) is 0. The summed E-state index contributed by atoms with van der Waals surface area (Å²) in [6.45, 7) is 2.00. The Balaban J connectivity index is 2.03. The maximum absolute atomic E-state index is 5.05. The molecule has 0 radical (unpaired) electrons. The van der Waals surface area contributed by atoms with Crippen LogP contribution in [0.25, 0.3) is 0 Å². The van der Waals surface area contributed by atoms with Gasteiger partial charge in [0.25, 0.3) is 0 Å². The monoisotopic (exact) mass is 149 g/mol. The Kier molecular flexibility index (Phi) is 2.03. The van der Waals surface area contributed by atoms with Crippen molar-refractivity contribution in [3.8, 4) is 0 Å². The van der Waals surface area contributed by atoms with E-state index in [1.807, 2.05) is 0 Å². The van der Waals surface area contributed by atoms with Crippen molar-refractivity contribution in [3.63, 3.8) is 0 Å². The molecular formula is C6H15NOS. The van der Waals surface area contributed by atoms with E-state index in [-0.39, 0.29) is 0 Å². The van der Waals surface area contributed by atoms with Crippen LogP contribution in [-0.2, 0) is 4.74 Å². The van der Waals surface area contributed by atoms with Gasteiger partial charge in [-0.05, 0) is 18.8 Å². The molecule has 1 unspecified atom stereocenters. The summed E-state index contributed by atoms with van der Waals surface area (Å²) >= 11 is 0. The molecule has 1 saturated heterocycles. The van der Waals surface area contributed by atoms with Gasteiger partial charge in [0, 0.05) is 6.54 Å². The van der Waals surface area contributed by atoms with Crippen LogP contribution in [0, 0.1) is 0 Å². The van der Waals surface area contributed by atoms with Crippen LogP contribution in [0.15, 0.2) is 0 Å². The Labute approximate surface area is 58.4 Å². The van der Waals surface area contributed by atoms with Crippen molar-refractivity contribution >= 4 is 10.2 Å². The zero-order valence-corrected chi connectivity index (χ0v) is 7.12. The molecule has 1 atom stereocenters. The van der Waals surface area contributed by atoms with Crippen LogP contribution >= 0.6 is 10.2 Å². The maximum Gasteiger partial charge on any atom is 0.0942 e. The smallest absolute Gasteiger partial charge is 0.0942 e. The van der Waals surface area contributed by atoms with Gasteiger partial charge in [-0.3, -0.25) is 4.72 Å². The summed E-state index contributed by atoms with van der Waals surface area (Å²) < 4.78 is 8.50. The maximum atomic E-state index is 5.05. The van der Waals surface area contributed by atoms with Gasteiger partial charge in [-0.2, -0.15) is 10.2 Å². The Morgan fingerprint density at radius 1 is 1.56 bits per heavy atom. The zero-order chi connectivity index (χ0) is 6.91. The summed E-state index contributed by atoms with van der Waals surface area (Å²) in [6, 6.07) is 0. The molecule has 9 heavy (non-hydrogen) atoms. The fourth-order valence-corrected chi connectivity index (χ4v) is 1.21. The summed E-state index contributed by atoms with van der Waals surface area (Å²) in [5, 5.41) is 0. The fourth-order valence-electron chi connectivity index (χ4n) is 0.529. The van der Waals surface area contributed by atoms with Crippen LogP contribution in [0.3, 0.4) is 0 Å². The Bertz CT molecular complexity index is 95.7. The van der Waals surface area contributed by atoms with Gasteiger partial charge in [-0.15, -0.1) is 0 Å². The van der Waals surface area contributed by atoms with Crippen LogP contribution in [-0.4, -0.2) is 38.0 Å². The predicted octanol–water partition coefficient (Wildman–Crippen LogP) is 0.584. The van der Waals surface area contributed by atoms with E-state index in [9.17, 15) is 0 Å². The predicted molar refractivity (Wildman–Crippen MR) is 43.1 cm³/mol. The SMILES string of the molecule is CS(C)(C)NCC1CO1. The van der Waals surface area contributed by atoms with Gasteiger partial charge in [0.2, 0.25) is 0 Å². The molecule has 56 valence electrons. The highest BCUT2D eigenvalue weighted by atomic mass is 32.3. The second-order valence-electron chi connectivity index (χ2n) is 3.14. The summed E-state index contributed by atoms with van der Waals surface area (Å²) in [5.41, 5.74) is 0. The lowest BCUT2D eigenvalue weighted by atomic mass is 10.5. The van der Waals surface area contributed by atoms with Crippen LogP contribution in [0.1, 0.15) is 0 Å². The van der Waals surface area contributed by atoms with E-state index in [2.05, 4.69) is 23.5 Å². The molecule has 0 bridgehead atoms. The first-order valence-electron chi connectivity index (χ1n) is 3.12. The molecule has 1 heterocycles. The molecule has 0 amide bonds.